The monoisotopic (exact) mass is 396 g/mol. The fraction of sp³-hybridized carbons (Fsp3) is 0.348. The molecule has 1 spiro atoms. The van der Waals surface area contributed by atoms with Gasteiger partial charge in [-0.25, -0.2) is 8.78 Å². The molecule has 0 aliphatic carbocycles. The van der Waals surface area contributed by atoms with Gasteiger partial charge < -0.3 is 14.2 Å². The van der Waals surface area contributed by atoms with Gasteiger partial charge in [0.1, 0.15) is 23.0 Å². The van der Waals surface area contributed by atoms with Crippen molar-refractivity contribution in [3.8, 4) is 5.75 Å². The Labute approximate surface area is 167 Å². The average Bonchev–Trinajstić information content (AvgIpc) is 3.23. The number of nitrogens with zero attached hydrogens (tertiary/aromatic N) is 2. The number of ether oxygens (including phenoxy) is 1. The highest BCUT2D eigenvalue weighted by atomic mass is 19.1. The highest BCUT2D eigenvalue weighted by molar-refractivity contribution is 5.80. The molecule has 3 heterocycles. The van der Waals surface area contributed by atoms with Crippen LogP contribution >= 0.6 is 0 Å². The van der Waals surface area contributed by atoms with Crippen molar-refractivity contribution in [1.82, 2.24) is 10.1 Å². The van der Waals surface area contributed by atoms with E-state index in [1.54, 1.807) is 12.1 Å². The number of benzene rings is 2. The Hall–Kier alpha value is -2.73. The summed E-state index contributed by atoms with van der Waals surface area (Å²) in [7, 11) is 0. The predicted octanol–water partition coefficient (Wildman–Crippen LogP) is 4.98. The number of hydrogen-bond donors (Lipinski definition) is 0. The Morgan fingerprint density at radius 3 is 2.66 bits per heavy atom. The fourth-order valence-corrected chi connectivity index (χ4v) is 4.50. The standard InChI is InChI=1S/C23H22F2N2O2/c1-15-19-13-16(24)5-7-21(19)28-23(15)8-11-27(12-9-23)10-2-3-20-18-6-4-17(25)14-22(18)29-26-20/h4-7,13-14H,1-3,8-12H2. The van der Waals surface area contributed by atoms with Crippen molar-refractivity contribution in [2.24, 2.45) is 0 Å². The van der Waals surface area contributed by atoms with Crippen molar-refractivity contribution in [1.29, 1.82) is 0 Å². The van der Waals surface area contributed by atoms with E-state index in [9.17, 15) is 8.78 Å². The molecule has 150 valence electrons. The minimum Gasteiger partial charge on any atom is -0.482 e. The smallest absolute Gasteiger partial charge is 0.170 e. The van der Waals surface area contributed by atoms with Gasteiger partial charge in [0.15, 0.2) is 5.58 Å². The summed E-state index contributed by atoms with van der Waals surface area (Å²) in [4.78, 5) is 2.41. The van der Waals surface area contributed by atoms with E-state index >= 15 is 0 Å². The first-order valence-corrected chi connectivity index (χ1v) is 9.99. The zero-order valence-electron chi connectivity index (χ0n) is 16.1. The molecule has 0 radical (unpaired) electrons. The molecule has 29 heavy (non-hydrogen) atoms. The van der Waals surface area contributed by atoms with Crippen molar-refractivity contribution < 1.29 is 18.0 Å². The lowest BCUT2D eigenvalue weighted by Gasteiger charge is -2.39. The number of halogens is 2. The van der Waals surface area contributed by atoms with Gasteiger partial charge in [0.2, 0.25) is 0 Å². The van der Waals surface area contributed by atoms with Gasteiger partial charge in [-0.05, 0) is 55.3 Å². The fourth-order valence-electron chi connectivity index (χ4n) is 4.50. The highest BCUT2D eigenvalue weighted by Gasteiger charge is 2.45. The molecule has 1 saturated heterocycles. The van der Waals surface area contributed by atoms with Crippen LogP contribution in [0.4, 0.5) is 8.78 Å². The highest BCUT2D eigenvalue weighted by Crippen LogP contribution is 2.48. The van der Waals surface area contributed by atoms with Gasteiger partial charge in [0, 0.05) is 42.9 Å². The number of hydrogen-bond acceptors (Lipinski definition) is 4. The number of piperidine rings is 1. The molecule has 1 aromatic heterocycles. The normalized spacial score (nSPS) is 18.3. The number of likely N-dealkylation sites (tertiary alicyclic amines) is 1. The molecule has 0 bridgehead atoms. The van der Waals surface area contributed by atoms with Crippen LogP contribution in [-0.4, -0.2) is 35.3 Å². The first-order valence-electron chi connectivity index (χ1n) is 9.99. The lowest BCUT2D eigenvalue weighted by atomic mass is 9.83. The molecule has 0 unspecified atom stereocenters. The third kappa shape index (κ3) is 3.21. The Morgan fingerprint density at radius 1 is 1.07 bits per heavy atom. The maximum absolute atomic E-state index is 13.6. The van der Waals surface area contributed by atoms with Crippen molar-refractivity contribution in [2.75, 3.05) is 19.6 Å². The van der Waals surface area contributed by atoms with Gasteiger partial charge in [-0.2, -0.15) is 0 Å². The summed E-state index contributed by atoms with van der Waals surface area (Å²) < 4.78 is 38.3. The van der Waals surface area contributed by atoms with Crippen molar-refractivity contribution >= 4 is 16.5 Å². The maximum Gasteiger partial charge on any atom is 0.170 e. The quantitative estimate of drug-likeness (QED) is 0.624. The van der Waals surface area contributed by atoms with Crippen LogP contribution in [0.25, 0.3) is 16.5 Å². The van der Waals surface area contributed by atoms with E-state index in [0.717, 1.165) is 73.3 Å². The van der Waals surface area contributed by atoms with Crippen LogP contribution in [0.5, 0.6) is 5.75 Å². The molecule has 5 rings (SSSR count). The number of fused-ring (bicyclic) bond motifs is 2. The Balaban J connectivity index is 1.17. The first-order chi connectivity index (χ1) is 14.0. The minimum atomic E-state index is -0.404. The molecule has 0 atom stereocenters. The van der Waals surface area contributed by atoms with Crippen LogP contribution in [0.3, 0.4) is 0 Å². The number of aryl methyl sites for hydroxylation is 1. The summed E-state index contributed by atoms with van der Waals surface area (Å²) in [6, 6.07) is 9.19. The zero-order chi connectivity index (χ0) is 20.0. The first kappa shape index (κ1) is 18.3. The van der Waals surface area contributed by atoms with Gasteiger partial charge in [-0.1, -0.05) is 11.7 Å². The average molecular weight is 396 g/mol. The summed E-state index contributed by atoms with van der Waals surface area (Å²) >= 11 is 0. The van der Waals surface area contributed by atoms with Crippen molar-refractivity contribution in [3.63, 3.8) is 0 Å². The molecule has 1 fully saturated rings. The molecule has 2 aliphatic heterocycles. The second-order valence-corrected chi connectivity index (χ2v) is 7.93. The summed E-state index contributed by atoms with van der Waals surface area (Å²) in [5, 5.41) is 4.97. The lowest BCUT2D eigenvalue weighted by Crippen LogP contribution is -2.46. The molecule has 0 saturated carbocycles. The van der Waals surface area contributed by atoms with E-state index in [2.05, 4.69) is 16.6 Å². The summed E-state index contributed by atoms with van der Waals surface area (Å²) in [6.45, 7) is 6.96. The molecular weight excluding hydrogens is 374 g/mol. The number of aromatic nitrogens is 1. The van der Waals surface area contributed by atoms with E-state index in [1.165, 1.54) is 24.3 Å². The van der Waals surface area contributed by atoms with Gasteiger partial charge in [-0.3, -0.25) is 0 Å². The molecule has 3 aromatic rings. The molecule has 0 N–H and O–H groups in total. The van der Waals surface area contributed by atoms with Crippen LogP contribution in [0.2, 0.25) is 0 Å². The Kier molecular flexibility index (Phi) is 4.39. The van der Waals surface area contributed by atoms with E-state index in [-0.39, 0.29) is 11.6 Å². The molecular formula is C23H22F2N2O2. The molecule has 2 aromatic carbocycles. The predicted molar refractivity (Wildman–Crippen MR) is 107 cm³/mol. The maximum atomic E-state index is 13.6. The van der Waals surface area contributed by atoms with E-state index in [0.29, 0.717) is 5.58 Å². The van der Waals surface area contributed by atoms with Crippen LogP contribution in [0.15, 0.2) is 47.5 Å². The Bertz CT molecular complexity index is 1080. The SMILES string of the molecule is C=C1c2cc(F)ccc2OC12CCN(CCCc1noc3cc(F)ccc13)CC2. The molecule has 6 heteroatoms. The molecule has 2 aliphatic rings. The summed E-state index contributed by atoms with van der Waals surface area (Å²) in [5.41, 5.74) is 2.66. The topological polar surface area (TPSA) is 38.5 Å². The van der Waals surface area contributed by atoms with Crippen LogP contribution < -0.4 is 4.74 Å². The Morgan fingerprint density at radius 2 is 1.83 bits per heavy atom. The van der Waals surface area contributed by atoms with Crippen LogP contribution in [0.1, 0.15) is 30.5 Å². The third-order valence-electron chi connectivity index (χ3n) is 6.18. The van der Waals surface area contributed by atoms with Gasteiger partial charge in [0.05, 0.1) is 5.69 Å². The van der Waals surface area contributed by atoms with Crippen LogP contribution in [-0.2, 0) is 6.42 Å². The summed E-state index contributed by atoms with van der Waals surface area (Å²) in [5.74, 6) is 0.161. The summed E-state index contributed by atoms with van der Waals surface area (Å²) in [6.07, 6.45) is 3.41. The second-order valence-electron chi connectivity index (χ2n) is 7.93. The van der Waals surface area contributed by atoms with E-state index in [4.69, 9.17) is 9.26 Å². The number of rotatable bonds is 4. The van der Waals surface area contributed by atoms with E-state index in [1.807, 2.05) is 0 Å². The van der Waals surface area contributed by atoms with Gasteiger partial charge in [0.25, 0.3) is 0 Å². The minimum absolute atomic E-state index is 0.258. The molecule has 0 amide bonds. The van der Waals surface area contributed by atoms with Gasteiger partial charge in [-0.15, -0.1) is 0 Å². The third-order valence-corrected chi connectivity index (χ3v) is 6.18. The van der Waals surface area contributed by atoms with E-state index < -0.39 is 5.60 Å². The van der Waals surface area contributed by atoms with Crippen LogP contribution in [0, 0.1) is 11.6 Å². The molecule has 4 nitrogen and oxygen atoms in total. The lowest BCUT2D eigenvalue weighted by molar-refractivity contribution is 0.0582. The van der Waals surface area contributed by atoms with Crippen molar-refractivity contribution in [2.45, 2.75) is 31.3 Å². The second kappa shape index (κ2) is 6.95. The largest absolute Gasteiger partial charge is 0.482 e. The zero-order valence-corrected chi connectivity index (χ0v) is 16.1. The van der Waals surface area contributed by atoms with Gasteiger partial charge >= 0.3 is 0 Å². The van der Waals surface area contributed by atoms with Crippen molar-refractivity contribution in [3.05, 3.63) is 65.9 Å².